The number of aryl methyl sites for hydroxylation is 1. The summed E-state index contributed by atoms with van der Waals surface area (Å²) in [4.78, 5) is 0. The van der Waals surface area contributed by atoms with E-state index in [0.717, 1.165) is 18.4 Å². The number of hydrogen-bond donors (Lipinski definition) is 2. The molecular weight excluding hydrogens is 309 g/mol. The van der Waals surface area contributed by atoms with E-state index < -0.39 is 11.7 Å². The van der Waals surface area contributed by atoms with Gasteiger partial charge >= 0.3 is 6.18 Å². The smallest absolute Gasteiger partial charge is 0.331 e. The molecule has 0 aliphatic rings. The first-order valence-corrected chi connectivity index (χ1v) is 7.86. The molecule has 0 bridgehead atoms. The molecule has 22 heavy (non-hydrogen) atoms. The summed E-state index contributed by atoms with van der Waals surface area (Å²) in [6.45, 7) is 10.4. The van der Waals surface area contributed by atoms with Gasteiger partial charge in [0.25, 0.3) is 0 Å². The van der Waals surface area contributed by atoms with Gasteiger partial charge in [0.1, 0.15) is 0 Å². The van der Waals surface area contributed by atoms with Crippen molar-refractivity contribution in [3.8, 4) is 6.07 Å². The summed E-state index contributed by atoms with van der Waals surface area (Å²) in [5, 5.41) is 8.50. The summed E-state index contributed by atoms with van der Waals surface area (Å²) in [7, 11) is 0. The molecule has 128 valence electrons. The molecular formula is C16H27F3N2S. The van der Waals surface area contributed by atoms with Crippen LogP contribution in [0.15, 0.2) is 18.2 Å². The minimum absolute atomic E-state index is 0.324. The number of nitrogens with two attached hydrogens (primary N) is 1. The van der Waals surface area contributed by atoms with Gasteiger partial charge in [0.2, 0.25) is 0 Å². The lowest BCUT2D eigenvalue weighted by Gasteiger charge is -2.09. The van der Waals surface area contributed by atoms with E-state index in [1.54, 1.807) is 6.92 Å². The maximum atomic E-state index is 12.4. The average Bonchev–Trinajstić information content (AvgIpc) is 2.49. The van der Waals surface area contributed by atoms with Crippen molar-refractivity contribution < 1.29 is 13.2 Å². The van der Waals surface area contributed by atoms with E-state index in [-0.39, 0.29) is 5.56 Å². The van der Waals surface area contributed by atoms with Gasteiger partial charge in [-0.1, -0.05) is 40.7 Å². The number of alkyl halides is 3. The third-order valence-electron chi connectivity index (χ3n) is 1.92. The number of rotatable bonds is 1. The Morgan fingerprint density at radius 3 is 1.86 bits per heavy atom. The lowest BCUT2D eigenvalue weighted by Crippen LogP contribution is -2.08. The summed E-state index contributed by atoms with van der Waals surface area (Å²) in [6.07, 6.45) is -3.93. The van der Waals surface area contributed by atoms with E-state index in [1.807, 2.05) is 27.7 Å². The van der Waals surface area contributed by atoms with Gasteiger partial charge in [0, 0.05) is 0 Å². The fourth-order valence-corrected chi connectivity index (χ4v) is 1.14. The number of nitrogens with zero attached hydrogens (tertiary/aromatic N) is 1. The fraction of sp³-hybridized carbons (Fsp3) is 0.562. The van der Waals surface area contributed by atoms with Gasteiger partial charge in [-0.3, -0.25) is 0 Å². The van der Waals surface area contributed by atoms with E-state index >= 15 is 0 Å². The molecule has 0 spiro atoms. The van der Waals surface area contributed by atoms with Crippen LogP contribution in [0.25, 0.3) is 0 Å². The van der Waals surface area contributed by atoms with Gasteiger partial charge in [-0.2, -0.15) is 31.1 Å². The molecule has 0 amide bonds. The zero-order valence-electron chi connectivity index (χ0n) is 14.0. The highest BCUT2D eigenvalue weighted by molar-refractivity contribution is 7.80. The topological polar surface area (TPSA) is 49.8 Å². The van der Waals surface area contributed by atoms with Crippen molar-refractivity contribution in [1.29, 1.82) is 5.26 Å². The van der Waals surface area contributed by atoms with E-state index in [1.165, 1.54) is 18.2 Å². The summed E-state index contributed by atoms with van der Waals surface area (Å²) in [5.74, 6) is 0.944. The minimum atomic E-state index is -4.45. The van der Waals surface area contributed by atoms with Crippen LogP contribution in [-0.4, -0.2) is 12.3 Å². The average molecular weight is 336 g/mol. The maximum Gasteiger partial charge on any atom is 0.417 e. The lowest BCUT2D eigenvalue weighted by atomic mass is 10.0. The first kappa shape index (κ1) is 25.7. The fourth-order valence-electron chi connectivity index (χ4n) is 1.14. The second kappa shape index (κ2) is 16.2. The SMILES string of the molecule is CC.CCN.CCS.CCc1ccc(C#N)c(C(F)(F)F)c1. The molecule has 6 heteroatoms. The number of hydrogen-bond acceptors (Lipinski definition) is 3. The quantitative estimate of drug-likeness (QED) is 0.704. The second-order valence-corrected chi connectivity index (χ2v) is 4.20. The third kappa shape index (κ3) is 12.5. The van der Waals surface area contributed by atoms with Crippen LogP contribution in [0.4, 0.5) is 13.2 Å². The minimum Gasteiger partial charge on any atom is -0.331 e. The maximum absolute atomic E-state index is 12.4. The van der Waals surface area contributed by atoms with Gasteiger partial charge in [0.15, 0.2) is 0 Å². The Balaban J connectivity index is -0.000000382. The predicted molar refractivity (Wildman–Crippen MR) is 91.1 cm³/mol. The van der Waals surface area contributed by atoms with E-state index in [2.05, 4.69) is 12.6 Å². The predicted octanol–water partition coefficient (Wildman–Crippen LogP) is 5.07. The monoisotopic (exact) mass is 336 g/mol. The highest BCUT2D eigenvalue weighted by Crippen LogP contribution is 2.32. The van der Waals surface area contributed by atoms with E-state index in [9.17, 15) is 13.2 Å². The summed E-state index contributed by atoms with van der Waals surface area (Å²) >= 11 is 3.79. The molecule has 1 aromatic rings. The molecule has 1 rings (SSSR count). The van der Waals surface area contributed by atoms with Crippen LogP contribution in [0.3, 0.4) is 0 Å². The van der Waals surface area contributed by atoms with Gasteiger partial charge < -0.3 is 5.73 Å². The van der Waals surface area contributed by atoms with E-state index in [4.69, 9.17) is 11.0 Å². The summed E-state index contributed by atoms with van der Waals surface area (Å²) in [5.41, 5.74) is 4.25. The molecule has 0 aliphatic carbocycles. The number of halogens is 3. The van der Waals surface area contributed by atoms with Gasteiger partial charge in [-0.25, -0.2) is 0 Å². The number of benzene rings is 1. The van der Waals surface area contributed by atoms with Crippen LogP contribution in [0.2, 0.25) is 0 Å². The first-order chi connectivity index (χ1) is 10.3. The van der Waals surface area contributed by atoms with Crippen molar-refractivity contribution >= 4 is 12.6 Å². The van der Waals surface area contributed by atoms with Gasteiger partial charge in [-0.15, -0.1) is 0 Å². The van der Waals surface area contributed by atoms with Crippen LogP contribution >= 0.6 is 12.6 Å². The Morgan fingerprint density at radius 2 is 1.59 bits per heavy atom. The molecule has 2 nitrogen and oxygen atoms in total. The Kier molecular flexibility index (Phi) is 18.9. The highest BCUT2D eigenvalue weighted by Gasteiger charge is 2.33. The molecule has 2 N–H and O–H groups in total. The Bertz CT molecular complexity index is 411. The molecule has 0 aliphatic heterocycles. The highest BCUT2D eigenvalue weighted by atomic mass is 32.1. The van der Waals surface area contributed by atoms with Crippen LogP contribution in [0.5, 0.6) is 0 Å². The second-order valence-electron chi connectivity index (χ2n) is 3.57. The van der Waals surface area contributed by atoms with Crippen molar-refractivity contribution in [2.75, 3.05) is 12.3 Å². The van der Waals surface area contributed by atoms with Crippen LogP contribution in [-0.2, 0) is 12.6 Å². The van der Waals surface area contributed by atoms with Crippen molar-refractivity contribution in [2.24, 2.45) is 5.73 Å². The molecule has 1 aromatic carbocycles. The third-order valence-corrected chi connectivity index (χ3v) is 1.92. The number of nitriles is 1. The molecule has 0 heterocycles. The van der Waals surface area contributed by atoms with Crippen LogP contribution < -0.4 is 5.73 Å². The molecule has 0 fully saturated rings. The Morgan fingerprint density at radius 1 is 1.18 bits per heavy atom. The largest absolute Gasteiger partial charge is 0.417 e. The van der Waals surface area contributed by atoms with Crippen molar-refractivity contribution in [2.45, 2.75) is 47.2 Å². The lowest BCUT2D eigenvalue weighted by molar-refractivity contribution is -0.137. The van der Waals surface area contributed by atoms with Crippen molar-refractivity contribution in [3.05, 3.63) is 34.9 Å². The summed E-state index contributed by atoms with van der Waals surface area (Å²) in [6, 6.07) is 5.31. The zero-order valence-corrected chi connectivity index (χ0v) is 14.9. The molecule has 0 unspecified atom stereocenters. The molecule has 0 saturated heterocycles. The number of thiol groups is 1. The van der Waals surface area contributed by atoms with Crippen molar-refractivity contribution in [1.82, 2.24) is 0 Å². The first-order valence-electron chi connectivity index (χ1n) is 7.23. The molecule has 0 atom stereocenters. The van der Waals surface area contributed by atoms with Crippen molar-refractivity contribution in [3.63, 3.8) is 0 Å². The summed E-state index contributed by atoms with van der Waals surface area (Å²) < 4.78 is 37.2. The van der Waals surface area contributed by atoms with Crippen LogP contribution in [0, 0.1) is 11.3 Å². The standard InChI is InChI=1S/C10H8F3N.C2H7N.C2H6S.C2H6/c1-2-7-3-4-8(6-14)9(5-7)10(11,12)13;2*1-2-3;1-2/h3-5H,2H2,1H3;2-3H2,1H3;3H,2H2,1H3;1-2H3. The molecule has 0 aromatic heterocycles. The van der Waals surface area contributed by atoms with Crippen LogP contribution in [0.1, 0.15) is 51.3 Å². The zero-order chi connectivity index (χ0) is 18.2. The Hall–Kier alpha value is -1.19. The van der Waals surface area contributed by atoms with Gasteiger partial charge in [-0.05, 0) is 36.4 Å². The molecule has 0 radical (unpaired) electrons. The van der Waals surface area contributed by atoms with Gasteiger partial charge in [0.05, 0.1) is 17.2 Å². The molecule has 0 saturated carbocycles. The normalized spacial score (nSPS) is 8.95. The Labute approximate surface area is 137 Å². The van der Waals surface area contributed by atoms with E-state index in [0.29, 0.717) is 12.0 Å².